The molecule has 2 N–H and O–H groups in total. The van der Waals surface area contributed by atoms with Crippen molar-refractivity contribution < 1.29 is 18.0 Å². The van der Waals surface area contributed by atoms with Crippen molar-refractivity contribution in [2.45, 2.75) is 19.8 Å². The van der Waals surface area contributed by atoms with Crippen LogP contribution in [0.1, 0.15) is 30.1 Å². The molecule has 0 heterocycles. The highest BCUT2D eigenvalue weighted by Crippen LogP contribution is 2.20. The van der Waals surface area contributed by atoms with Crippen molar-refractivity contribution in [2.24, 2.45) is 11.7 Å². The minimum atomic E-state index is -1.62. The van der Waals surface area contributed by atoms with Crippen LogP contribution in [0.25, 0.3) is 0 Å². The molecular formula is C12H14F3NO. The molecule has 0 aliphatic rings. The number of rotatable bonds is 5. The summed E-state index contributed by atoms with van der Waals surface area (Å²) in [6.45, 7) is 1.92. The number of carbonyl (C=O) groups is 1. The van der Waals surface area contributed by atoms with Gasteiger partial charge in [0.2, 0.25) is 0 Å². The molecule has 0 aromatic heterocycles. The number of ketones is 1. The standard InChI is InChI=1S/C12H14F3NO/c1-2-3-7(6-16)12(17)8-4-5-9(13)11(15)10(8)14/h4-5,7H,2-3,6,16H2,1H3. The maximum absolute atomic E-state index is 13.4. The first-order valence-electron chi connectivity index (χ1n) is 5.40. The van der Waals surface area contributed by atoms with Crippen molar-refractivity contribution in [3.8, 4) is 0 Å². The summed E-state index contributed by atoms with van der Waals surface area (Å²) in [7, 11) is 0. The van der Waals surface area contributed by atoms with Gasteiger partial charge < -0.3 is 5.73 Å². The van der Waals surface area contributed by atoms with Crippen molar-refractivity contribution >= 4 is 5.78 Å². The Balaban J connectivity index is 3.08. The van der Waals surface area contributed by atoms with Crippen molar-refractivity contribution in [1.82, 2.24) is 0 Å². The van der Waals surface area contributed by atoms with Gasteiger partial charge in [0.25, 0.3) is 0 Å². The third kappa shape index (κ3) is 2.85. The van der Waals surface area contributed by atoms with Crippen LogP contribution >= 0.6 is 0 Å². The second kappa shape index (κ2) is 5.82. The van der Waals surface area contributed by atoms with E-state index in [1.54, 1.807) is 0 Å². The molecule has 0 radical (unpaired) electrons. The molecule has 17 heavy (non-hydrogen) atoms. The molecule has 1 unspecified atom stereocenters. The van der Waals surface area contributed by atoms with Gasteiger partial charge >= 0.3 is 0 Å². The summed E-state index contributed by atoms with van der Waals surface area (Å²) >= 11 is 0. The molecule has 0 saturated carbocycles. The quantitative estimate of drug-likeness (QED) is 0.640. The third-order valence-corrected chi connectivity index (χ3v) is 2.59. The van der Waals surface area contributed by atoms with Gasteiger partial charge in [-0.2, -0.15) is 0 Å². The molecule has 1 aromatic carbocycles. The van der Waals surface area contributed by atoms with Crippen LogP contribution < -0.4 is 5.73 Å². The molecule has 1 rings (SSSR count). The van der Waals surface area contributed by atoms with Gasteiger partial charge in [-0.1, -0.05) is 13.3 Å². The summed E-state index contributed by atoms with van der Waals surface area (Å²) < 4.78 is 39.0. The van der Waals surface area contributed by atoms with E-state index in [2.05, 4.69) is 0 Å². The number of hydrogen-bond donors (Lipinski definition) is 1. The molecular weight excluding hydrogens is 231 g/mol. The van der Waals surface area contributed by atoms with Gasteiger partial charge in [0, 0.05) is 12.5 Å². The van der Waals surface area contributed by atoms with E-state index < -0.39 is 34.7 Å². The first-order chi connectivity index (χ1) is 8.02. The Morgan fingerprint density at radius 3 is 2.47 bits per heavy atom. The summed E-state index contributed by atoms with van der Waals surface area (Å²) in [6, 6.07) is 1.69. The Kier molecular flexibility index (Phi) is 4.69. The second-order valence-electron chi connectivity index (χ2n) is 3.81. The maximum Gasteiger partial charge on any atom is 0.195 e. The topological polar surface area (TPSA) is 43.1 Å². The lowest BCUT2D eigenvalue weighted by Crippen LogP contribution is -2.25. The van der Waals surface area contributed by atoms with Gasteiger partial charge in [-0.15, -0.1) is 0 Å². The number of Topliss-reactive ketones (excluding diaryl/α,β-unsaturated/α-hetero) is 1. The van der Waals surface area contributed by atoms with Gasteiger partial charge in [-0.3, -0.25) is 4.79 Å². The van der Waals surface area contributed by atoms with Crippen LogP contribution in [0.4, 0.5) is 13.2 Å². The fourth-order valence-electron chi connectivity index (χ4n) is 1.64. The van der Waals surface area contributed by atoms with E-state index in [4.69, 9.17) is 5.73 Å². The molecule has 0 bridgehead atoms. The van der Waals surface area contributed by atoms with Crippen molar-refractivity contribution in [2.75, 3.05) is 6.54 Å². The van der Waals surface area contributed by atoms with E-state index >= 15 is 0 Å². The van der Waals surface area contributed by atoms with Crippen LogP contribution in [0, 0.1) is 23.4 Å². The third-order valence-electron chi connectivity index (χ3n) is 2.59. The van der Waals surface area contributed by atoms with Crippen molar-refractivity contribution in [1.29, 1.82) is 0 Å². The van der Waals surface area contributed by atoms with Crippen LogP contribution in [0.15, 0.2) is 12.1 Å². The number of hydrogen-bond acceptors (Lipinski definition) is 2. The highest BCUT2D eigenvalue weighted by atomic mass is 19.2. The van der Waals surface area contributed by atoms with Crippen molar-refractivity contribution in [3.63, 3.8) is 0 Å². The first-order valence-corrected chi connectivity index (χ1v) is 5.40. The zero-order valence-corrected chi connectivity index (χ0v) is 9.47. The first kappa shape index (κ1) is 13.7. The molecule has 5 heteroatoms. The molecule has 0 aliphatic heterocycles. The molecule has 0 fully saturated rings. The summed E-state index contributed by atoms with van der Waals surface area (Å²) in [5, 5.41) is 0. The summed E-state index contributed by atoms with van der Waals surface area (Å²) in [5.41, 5.74) is 4.97. The Bertz CT molecular complexity index is 420. The Labute approximate surface area is 97.6 Å². The number of benzene rings is 1. The van der Waals surface area contributed by atoms with Crippen LogP contribution in [-0.4, -0.2) is 12.3 Å². The van der Waals surface area contributed by atoms with Crippen LogP contribution in [-0.2, 0) is 0 Å². The average molecular weight is 245 g/mol. The van der Waals surface area contributed by atoms with Crippen LogP contribution in [0.5, 0.6) is 0 Å². The Morgan fingerprint density at radius 1 is 1.29 bits per heavy atom. The number of carbonyl (C=O) groups excluding carboxylic acids is 1. The Hall–Kier alpha value is -1.36. The molecule has 0 aliphatic carbocycles. The highest BCUT2D eigenvalue weighted by molar-refractivity contribution is 5.98. The Morgan fingerprint density at radius 2 is 1.94 bits per heavy atom. The average Bonchev–Trinajstić information content (AvgIpc) is 2.32. The fraction of sp³-hybridized carbons (Fsp3) is 0.417. The van der Waals surface area contributed by atoms with E-state index in [1.165, 1.54) is 0 Å². The molecule has 1 aromatic rings. The normalized spacial score (nSPS) is 12.5. The van der Waals surface area contributed by atoms with Crippen LogP contribution in [0.3, 0.4) is 0 Å². The predicted molar refractivity (Wildman–Crippen MR) is 58.1 cm³/mol. The molecule has 1 atom stereocenters. The second-order valence-corrected chi connectivity index (χ2v) is 3.81. The SMILES string of the molecule is CCCC(CN)C(=O)c1ccc(F)c(F)c1F. The van der Waals surface area contributed by atoms with Crippen molar-refractivity contribution in [3.05, 3.63) is 35.1 Å². The number of nitrogens with two attached hydrogens (primary N) is 1. The lowest BCUT2D eigenvalue weighted by atomic mass is 9.93. The van der Waals surface area contributed by atoms with E-state index in [-0.39, 0.29) is 6.54 Å². The minimum absolute atomic E-state index is 0.0606. The molecule has 94 valence electrons. The lowest BCUT2D eigenvalue weighted by molar-refractivity contribution is 0.0912. The van der Waals surface area contributed by atoms with Gasteiger partial charge in [-0.25, -0.2) is 13.2 Å². The lowest BCUT2D eigenvalue weighted by Gasteiger charge is -2.13. The summed E-state index contributed by atoms with van der Waals surface area (Å²) in [5.74, 6) is -5.50. The van der Waals surface area contributed by atoms with E-state index in [0.29, 0.717) is 12.8 Å². The molecule has 0 spiro atoms. The zero-order valence-electron chi connectivity index (χ0n) is 9.47. The van der Waals surface area contributed by atoms with Gasteiger partial charge in [0.1, 0.15) is 0 Å². The zero-order chi connectivity index (χ0) is 13.0. The van der Waals surface area contributed by atoms with E-state index in [0.717, 1.165) is 12.1 Å². The highest BCUT2D eigenvalue weighted by Gasteiger charge is 2.24. The predicted octanol–water partition coefficient (Wildman–Crippen LogP) is 2.66. The summed E-state index contributed by atoms with van der Waals surface area (Å²) in [6.07, 6.45) is 1.20. The maximum atomic E-state index is 13.4. The number of halogens is 3. The molecule has 0 saturated heterocycles. The van der Waals surface area contributed by atoms with Gasteiger partial charge in [-0.05, 0) is 18.6 Å². The molecule has 0 amide bonds. The van der Waals surface area contributed by atoms with E-state index in [1.807, 2.05) is 6.92 Å². The minimum Gasteiger partial charge on any atom is -0.330 e. The summed E-state index contributed by atoms with van der Waals surface area (Å²) in [4.78, 5) is 11.8. The largest absolute Gasteiger partial charge is 0.330 e. The van der Waals surface area contributed by atoms with E-state index in [9.17, 15) is 18.0 Å². The van der Waals surface area contributed by atoms with Crippen LogP contribution in [0.2, 0.25) is 0 Å². The fourth-order valence-corrected chi connectivity index (χ4v) is 1.64. The smallest absolute Gasteiger partial charge is 0.195 e. The monoisotopic (exact) mass is 245 g/mol. The van der Waals surface area contributed by atoms with Gasteiger partial charge in [0.05, 0.1) is 5.56 Å². The van der Waals surface area contributed by atoms with Gasteiger partial charge in [0.15, 0.2) is 23.2 Å². The molecule has 2 nitrogen and oxygen atoms in total.